The lowest BCUT2D eigenvalue weighted by Crippen LogP contribution is -2.42. The topological polar surface area (TPSA) is 47.4 Å². The molecular formula is C17H18F3N3O2. The molecule has 5 nitrogen and oxygen atoms in total. The van der Waals surface area contributed by atoms with Crippen LogP contribution in [0, 0.1) is 11.7 Å². The molecule has 0 N–H and O–H groups in total. The van der Waals surface area contributed by atoms with Crippen molar-refractivity contribution in [3.05, 3.63) is 48.0 Å². The summed E-state index contributed by atoms with van der Waals surface area (Å²) in [4.78, 5) is 14.0. The number of alkyl halides is 2. The maximum absolute atomic E-state index is 12.9. The summed E-state index contributed by atoms with van der Waals surface area (Å²) >= 11 is 0. The highest BCUT2D eigenvalue weighted by molar-refractivity contribution is 5.92. The van der Waals surface area contributed by atoms with Crippen molar-refractivity contribution < 1.29 is 22.7 Å². The lowest BCUT2D eigenvalue weighted by Gasteiger charge is -2.32. The predicted molar refractivity (Wildman–Crippen MR) is 84.0 cm³/mol. The van der Waals surface area contributed by atoms with Gasteiger partial charge in [-0.15, -0.1) is 0 Å². The molecule has 1 aromatic heterocycles. The Morgan fingerprint density at radius 2 is 2.04 bits per heavy atom. The van der Waals surface area contributed by atoms with Gasteiger partial charge >= 0.3 is 6.55 Å². The Morgan fingerprint density at radius 1 is 1.28 bits per heavy atom. The molecule has 25 heavy (non-hydrogen) atoms. The minimum Gasteiger partial charge on any atom is -0.493 e. The first kappa shape index (κ1) is 17.3. The number of piperidine rings is 1. The molecule has 0 spiro atoms. The monoisotopic (exact) mass is 353 g/mol. The second-order valence-electron chi connectivity index (χ2n) is 5.96. The van der Waals surface area contributed by atoms with E-state index in [1.807, 2.05) is 0 Å². The van der Waals surface area contributed by atoms with Crippen molar-refractivity contribution in [1.29, 1.82) is 0 Å². The molecule has 1 aromatic carbocycles. The van der Waals surface area contributed by atoms with Crippen LogP contribution < -0.4 is 4.74 Å². The van der Waals surface area contributed by atoms with Crippen LogP contribution >= 0.6 is 0 Å². The maximum atomic E-state index is 12.9. The molecule has 1 atom stereocenters. The van der Waals surface area contributed by atoms with Gasteiger partial charge in [0, 0.05) is 25.2 Å². The molecule has 0 radical (unpaired) electrons. The number of nitrogens with zero attached hydrogens (tertiary/aromatic N) is 3. The fourth-order valence-electron chi connectivity index (χ4n) is 2.93. The number of likely N-dealkylation sites (tertiary alicyclic amines) is 1. The Hall–Kier alpha value is -2.51. The smallest absolute Gasteiger partial charge is 0.333 e. The SMILES string of the molecule is O=C(c1ccnn1C(F)F)N1CCCC(COc2ccc(F)cc2)C1. The molecular weight excluding hydrogens is 335 g/mol. The summed E-state index contributed by atoms with van der Waals surface area (Å²) < 4.78 is 44.7. The number of benzene rings is 1. The van der Waals surface area contributed by atoms with E-state index in [2.05, 4.69) is 5.10 Å². The van der Waals surface area contributed by atoms with Crippen LogP contribution in [0.25, 0.3) is 0 Å². The molecule has 2 aromatic rings. The Bertz CT molecular complexity index is 718. The Morgan fingerprint density at radius 3 is 2.76 bits per heavy atom. The fourth-order valence-corrected chi connectivity index (χ4v) is 2.93. The molecule has 0 saturated carbocycles. The second kappa shape index (κ2) is 7.58. The first-order valence-electron chi connectivity index (χ1n) is 8.04. The number of hydrogen-bond acceptors (Lipinski definition) is 3. The molecule has 134 valence electrons. The summed E-state index contributed by atoms with van der Waals surface area (Å²) in [5.41, 5.74) is -0.116. The molecule has 8 heteroatoms. The largest absolute Gasteiger partial charge is 0.493 e. The number of rotatable bonds is 5. The molecule has 2 heterocycles. The second-order valence-corrected chi connectivity index (χ2v) is 5.96. The quantitative estimate of drug-likeness (QED) is 0.828. The van der Waals surface area contributed by atoms with Crippen molar-refractivity contribution in [2.24, 2.45) is 5.92 Å². The predicted octanol–water partition coefficient (Wildman–Crippen LogP) is 3.35. The van der Waals surface area contributed by atoms with Gasteiger partial charge in [-0.3, -0.25) is 4.79 Å². The number of carbonyl (C=O) groups is 1. The van der Waals surface area contributed by atoms with Crippen LogP contribution in [-0.2, 0) is 0 Å². The van der Waals surface area contributed by atoms with Gasteiger partial charge in [0.2, 0.25) is 0 Å². The van der Waals surface area contributed by atoms with Gasteiger partial charge < -0.3 is 9.64 Å². The van der Waals surface area contributed by atoms with Gasteiger partial charge in [-0.2, -0.15) is 18.6 Å². The van der Waals surface area contributed by atoms with Gasteiger partial charge in [-0.25, -0.2) is 4.39 Å². The average Bonchev–Trinajstić information content (AvgIpc) is 3.11. The summed E-state index contributed by atoms with van der Waals surface area (Å²) in [7, 11) is 0. The summed E-state index contributed by atoms with van der Waals surface area (Å²) in [5.74, 6) is -0.145. The third-order valence-corrected chi connectivity index (χ3v) is 4.18. The fraction of sp³-hybridized carbons (Fsp3) is 0.412. The number of hydrogen-bond donors (Lipinski definition) is 0. The number of ether oxygens (including phenoxy) is 1. The molecule has 1 amide bonds. The minimum absolute atomic E-state index is 0.0886. The number of carbonyl (C=O) groups excluding carboxylic acids is 1. The van der Waals surface area contributed by atoms with Crippen LogP contribution in [0.1, 0.15) is 29.9 Å². The van der Waals surface area contributed by atoms with Crippen LogP contribution in [0.4, 0.5) is 13.2 Å². The van der Waals surface area contributed by atoms with E-state index in [4.69, 9.17) is 4.74 Å². The summed E-state index contributed by atoms with van der Waals surface area (Å²) in [6, 6.07) is 7.02. The Balaban J connectivity index is 1.59. The lowest BCUT2D eigenvalue weighted by molar-refractivity contribution is 0.0425. The van der Waals surface area contributed by atoms with Crippen molar-refractivity contribution >= 4 is 5.91 Å². The molecule has 1 unspecified atom stereocenters. The molecule has 1 fully saturated rings. The average molecular weight is 353 g/mol. The van der Waals surface area contributed by atoms with Gasteiger partial charge in [0.25, 0.3) is 5.91 Å². The zero-order valence-electron chi connectivity index (χ0n) is 13.4. The van der Waals surface area contributed by atoms with E-state index in [0.29, 0.717) is 30.1 Å². The van der Waals surface area contributed by atoms with E-state index in [0.717, 1.165) is 12.8 Å². The first-order chi connectivity index (χ1) is 12.0. The molecule has 0 bridgehead atoms. The van der Waals surface area contributed by atoms with Crippen molar-refractivity contribution in [3.63, 3.8) is 0 Å². The molecule has 3 rings (SSSR count). The van der Waals surface area contributed by atoms with Gasteiger partial charge in [0.05, 0.1) is 6.61 Å². The van der Waals surface area contributed by atoms with Crippen LogP contribution in [0.15, 0.2) is 36.5 Å². The molecule has 0 aliphatic carbocycles. The van der Waals surface area contributed by atoms with Crippen LogP contribution in [0.3, 0.4) is 0 Å². The Labute approximate surface area is 143 Å². The van der Waals surface area contributed by atoms with Crippen LogP contribution in [-0.4, -0.2) is 40.3 Å². The Kier molecular flexibility index (Phi) is 5.25. The highest BCUT2D eigenvalue weighted by Gasteiger charge is 2.28. The van der Waals surface area contributed by atoms with Gasteiger partial charge in [0.15, 0.2) is 0 Å². The minimum atomic E-state index is -2.85. The lowest BCUT2D eigenvalue weighted by atomic mass is 9.98. The van der Waals surface area contributed by atoms with Crippen LogP contribution in [0.5, 0.6) is 5.75 Å². The van der Waals surface area contributed by atoms with Crippen molar-refractivity contribution in [1.82, 2.24) is 14.7 Å². The van der Waals surface area contributed by atoms with E-state index in [9.17, 15) is 18.0 Å². The third kappa shape index (κ3) is 4.12. The van der Waals surface area contributed by atoms with E-state index < -0.39 is 12.5 Å². The number of halogens is 3. The van der Waals surface area contributed by atoms with E-state index in [1.165, 1.54) is 24.4 Å². The highest BCUT2D eigenvalue weighted by atomic mass is 19.3. The zero-order valence-corrected chi connectivity index (χ0v) is 13.4. The van der Waals surface area contributed by atoms with Crippen molar-refractivity contribution in [2.75, 3.05) is 19.7 Å². The highest BCUT2D eigenvalue weighted by Crippen LogP contribution is 2.22. The first-order valence-corrected chi connectivity index (χ1v) is 8.04. The van der Waals surface area contributed by atoms with Gasteiger partial charge in [0.1, 0.15) is 17.3 Å². The molecule has 1 saturated heterocycles. The van der Waals surface area contributed by atoms with Gasteiger partial charge in [-0.1, -0.05) is 0 Å². The van der Waals surface area contributed by atoms with Crippen LogP contribution in [0.2, 0.25) is 0 Å². The van der Waals surface area contributed by atoms with Crippen molar-refractivity contribution in [3.8, 4) is 5.75 Å². The third-order valence-electron chi connectivity index (χ3n) is 4.18. The summed E-state index contributed by atoms with van der Waals surface area (Å²) in [6.45, 7) is -1.53. The van der Waals surface area contributed by atoms with E-state index in [-0.39, 0.29) is 17.4 Å². The molecule has 1 aliphatic heterocycles. The van der Waals surface area contributed by atoms with Gasteiger partial charge in [-0.05, 0) is 43.2 Å². The zero-order chi connectivity index (χ0) is 17.8. The normalized spacial score (nSPS) is 17.8. The maximum Gasteiger partial charge on any atom is 0.333 e. The molecule has 1 aliphatic rings. The number of aromatic nitrogens is 2. The van der Waals surface area contributed by atoms with Crippen molar-refractivity contribution in [2.45, 2.75) is 19.4 Å². The summed E-state index contributed by atoms with van der Waals surface area (Å²) in [6.07, 6.45) is 2.84. The summed E-state index contributed by atoms with van der Waals surface area (Å²) in [5, 5.41) is 3.50. The van der Waals surface area contributed by atoms with E-state index >= 15 is 0 Å². The van der Waals surface area contributed by atoms with E-state index in [1.54, 1.807) is 17.0 Å². The number of amides is 1. The standard InChI is InChI=1S/C17H18F3N3O2/c18-13-3-5-14(6-4-13)25-11-12-2-1-9-22(10-12)16(24)15-7-8-21-23(15)17(19)20/h3-8,12,17H,1-2,9-11H2.